The van der Waals surface area contributed by atoms with E-state index in [1.807, 2.05) is 36.5 Å². The molecule has 1 fully saturated rings. The standard InChI is InChI=1S/C22H23Cl2N3/c23-16-3-1-2-15(12-16)14-27-22(9-6-18(25)7-10-22)20-8-11-26-21-13-17(24)4-5-19(20)21/h1-5,8,11-13,18,27H,6-7,9-10,14,25H2. The monoisotopic (exact) mass is 399 g/mol. The van der Waals surface area contributed by atoms with Gasteiger partial charge in [0.15, 0.2) is 0 Å². The molecule has 1 aliphatic rings. The van der Waals surface area contributed by atoms with Gasteiger partial charge in [0.1, 0.15) is 0 Å². The molecule has 27 heavy (non-hydrogen) atoms. The summed E-state index contributed by atoms with van der Waals surface area (Å²) in [5.41, 5.74) is 9.47. The number of pyridine rings is 1. The quantitative estimate of drug-likeness (QED) is 0.614. The topological polar surface area (TPSA) is 50.9 Å². The molecule has 5 heteroatoms. The Hall–Kier alpha value is -1.65. The molecule has 0 radical (unpaired) electrons. The lowest BCUT2D eigenvalue weighted by Crippen LogP contribution is -2.47. The molecule has 1 aliphatic carbocycles. The van der Waals surface area contributed by atoms with Gasteiger partial charge in [-0.15, -0.1) is 0 Å². The van der Waals surface area contributed by atoms with Gasteiger partial charge in [0.2, 0.25) is 0 Å². The van der Waals surface area contributed by atoms with Crippen LogP contribution in [0.25, 0.3) is 10.9 Å². The van der Waals surface area contributed by atoms with Gasteiger partial charge in [-0.3, -0.25) is 4.98 Å². The van der Waals surface area contributed by atoms with E-state index >= 15 is 0 Å². The molecule has 1 saturated carbocycles. The van der Waals surface area contributed by atoms with E-state index in [9.17, 15) is 0 Å². The summed E-state index contributed by atoms with van der Waals surface area (Å²) in [6.07, 6.45) is 5.87. The highest BCUT2D eigenvalue weighted by Gasteiger charge is 2.36. The van der Waals surface area contributed by atoms with Crippen LogP contribution in [-0.4, -0.2) is 11.0 Å². The zero-order valence-corrected chi connectivity index (χ0v) is 16.6. The smallest absolute Gasteiger partial charge is 0.0720 e. The largest absolute Gasteiger partial charge is 0.328 e. The molecule has 0 unspecified atom stereocenters. The zero-order chi connectivity index (χ0) is 18.9. The van der Waals surface area contributed by atoms with E-state index in [1.165, 1.54) is 11.1 Å². The van der Waals surface area contributed by atoms with Gasteiger partial charge >= 0.3 is 0 Å². The van der Waals surface area contributed by atoms with Crippen LogP contribution in [-0.2, 0) is 12.1 Å². The number of nitrogens with zero attached hydrogens (tertiary/aromatic N) is 1. The Morgan fingerprint density at radius 3 is 2.59 bits per heavy atom. The third-order valence-electron chi connectivity index (χ3n) is 5.62. The fraction of sp³-hybridized carbons (Fsp3) is 0.318. The van der Waals surface area contributed by atoms with Crippen molar-refractivity contribution in [3.05, 3.63) is 75.9 Å². The summed E-state index contributed by atoms with van der Waals surface area (Å²) in [6.45, 7) is 0.757. The maximum Gasteiger partial charge on any atom is 0.0720 e. The molecule has 0 spiro atoms. The van der Waals surface area contributed by atoms with Gasteiger partial charge in [0.25, 0.3) is 0 Å². The van der Waals surface area contributed by atoms with Crippen LogP contribution < -0.4 is 11.1 Å². The van der Waals surface area contributed by atoms with Crippen molar-refractivity contribution in [1.29, 1.82) is 0 Å². The van der Waals surface area contributed by atoms with Crippen molar-refractivity contribution in [3.63, 3.8) is 0 Å². The van der Waals surface area contributed by atoms with E-state index in [0.717, 1.165) is 48.2 Å². The number of hydrogen-bond donors (Lipinski definition) is 2. The van der Waals surface area contributed by atoms with Gasteiger partial charge in [-0.25, -0.2) is 0 Å². The van der Waals surface area contributed by atoms with Crippen LogP contribution in [0.1, 0.15) is 36.8 Å². The Morgan fingerprint density at radius 2 is 1.81 bits per heavy atom. The second-order valence-electron chi connectivity index (χ2n) is 7.42. The van der Waals surface area contributed by atoms with Crippen LogP contribution in [0, 0.1) is 0 Å². The minimum absolute atomic E-state index is 0.132. The van der Waals surface area contributed by atoms with Gasteiger partial charge < -0.3 is 11.1 Å². The number of nitrogens with one attached hydrogen (secondary N) is 1. The van der Waals surface area contributed by atoms with Gasteiger partial charge in [-0.1, -0.05) is 41.4 Å². The summed E-state index contributed by atoms with van der Waals surface area (Å²) in [6, 6.07) is 16.4. The maximum atomic E-state index is 6.22. The number of nitrogens with two attached hydrogens (primary N) is 1. The first-order valence-corrected chi connectivity index (χ1v) is 10.1. The fourth-order valence-corrected chi connectivity index (χ4v) is 4.51. The van der Waals surface area contributed by atoms with Crippen LogP contribution in [0.3, 0.4) is 0 Å². The lowest BCUT2D eigenvalue weighted by atomic mass is 9.74. The molecule has 0 aliphatic heterocycles. The summed E-state index contributed by atoms with van der Waals surface area (Å²) < 4.78 is 0. The number of benzene rings is 2. The zero-order valence-electron chi connectivity index (χ0n) is 15.1. The van der Waals surface area contributed by atoms with Gasteiger partial charge in [-0.05, 0) is 67.1 Å². The number of hydrogen-bond acceptors (Lipinski definition) is 3. The molecule has 140 valence electrons. The predicted octanol–water partition coefficient (Wildman–Crippen LogP) is 5.43. The third kappa shape index (κ3) is 3.97. The van der Waals surface area contributed by atoms with Gasteiger partial charge in [-0.2, -0.15) is 0 Å². The Balaban J connectivity index is 1.73. The molecule has 3 aromatic rings. The highest BCUT2D eigenvalue weighted by Crippen LogP contribution is 2.40. The number of fused-ring (bicyclic) bond motifs is 1. The molecule has 0 bridgehead atoms. The molecule has 0 saturated heterocycles. The van der Waals surface area contributed by atoms with E-state index in [0.29, 0.717) is 5.02 Å². The van der Waals surface area contributed by atoms with Crippen molar-refractivity contribution in [2.24, 2.45) is 5.73 Å². The first-order valence-electron chi connectivity index (χ1n) is 9.36. The molecule has 0 amide bonds. The average Bonchev–Trinajstić information content (AvgIpc) is 2.67. The SMILES string of the molecule is NC1CCC(NCc2cccc(Cl)c2)(c2ccnc3cc(Cl)ccc23)CC1. The van der Waals surface area contributed by atoms with Crippen LogP contribution in [0.15, 0.2) is 54.7 Å². The third-order valence-corrected chi connectivity index (χ3v) is 6.09. The van der Waals surface area contributed by atoms with E-state index in [4.69, 9.17) is 28.9 Å². The number of aromatic nitrogens is 1. The molecule has 3 nitrogen and oxygen atoms in total. The summed E-state index contributed by atoms with van der Waals surface area (Å²) in [5, 5.41) is 6.47. The minimum atomic E-state index is -0.132. The van der Waals surface area contributed by atoms with E-state index in [2.05, 4.69) is 28.5 Å². The molecule has 3 N–H and O–H groups in total. The van der Waals surface area contributed by atoms with Crippen molar-refractivity contribution in [2.45, 2.75) is 43.8 Å². The van der Waals surface area contributed by atoms with Gasteiger partial charge in [0.05, 0.1) is 5.52 Å². The Kier molecular flexibility index (Phi) is 5.38. The molecule has 2 aromatic carbocycles. The van der Waals surface area contributed by atoms with Crippen LogP contribution >= 0.6 is 23.2 Å². The molecular weight excluding hydrogens is 377 g/mol. The van der Waals surface area contributed by atoms with E-state index < -0.39 is 0 Å². The molecule has 1 heterocycles. The molecule has 4 rings (SSSR count). The van der Waals surface area contributed by atoms with Crippen LogP contribution in [0.2, 0.25) is 10.0 Å². The van der Waals surface area contributed by atoms with Gasteiger partial charge in [0, 0.05) is 39.8 Å². The normalized spacial score (nSPS) is 22.9. The molecule has 0 atom stereocenters. The highest BCUT2D eigenvalue weighted by atomic mass is 35.5. The second-order valence-corrected chi connectivity index (χ2v) is 8.30. The first kappa shape index (κ1) is 18.7. The summed E-state index contributed by atoms with van der Waals surface area (Å²) in [4.78, 5) is 4.52. The number of rotatable bonds is 4. The first-order chi connectivity index (χ1) is 13.1. The summed E-state index contributed by atoms with van der Waals surface area (Å²) in [5.74, 6) is 0. The minimum Gasteiger partial charge on any atom is -0.328 e. The van der Waals surface area contributed by atoms with Crippen molar-refractivity contribution in [3.8, 4) is 0 Å². The summed E-state index contributed by atoms with van der Waals surface area (Å²) >= 11 is 12.3. The number of halogens is 2. The Morgan fingerprint density at radius 1 is 1.04 bits per heavy atom. The predicted molar refractivity (Wildman–Crippen MR) is 113 cm³/mol. The van der Waals surface area contributed by atoms with Crippen LogP contribution in [0.4, 0.5) is 0 Å². The van der Waals surface area contributed by atoms with Crippen molar-refractivity contribution in [1.82, 2.24) is 10.3 Å². The Labute approximate surface area is 169 Å². The van der Waals surface area contributed by atoms with E-state index in [-0.39, 0.29) is 11.6 Å². The van der Waals surface area contributed by atoms with Crippen molar-refractivity contribution >= 4 is 34.1 Å². The Bertz CT molecular complexity index is 949. The average molecular weight is 400 g/mol. The highest BCUT2D eigenvalue weighted by molar-refractivity contribution is 6.31. The lowest BCUT2D eigenvalue weighted by Gasteiger charge is -2.41. The van der Waals surface area contributed by atoms with E-state index in [1.54, 1.807) is 0 Å². The molecule has 1 aromatic heterocycles. The molecular formula is C22H23Cl2N3. The summed E-state index contributed by atoms with van der Waals surface area (Å²) in [7, 11) is 0. The second kappa shape index (κ2) is 7.76. The van der Waals surface area contributed by atoms with Crippen LogP contribution in [0.5, 0.6) is 0 Å². The van der Waals surface area contributed by atoms with Crippen molar-refractivity contribution in [2.75, 3.05) is 0 Å². The lowest BCUT2D eigenvalue weighted by molar-refractivity contribution is 0.217. The fourth-order valence-electron chi connectivity index (χ4n) is 4.13. The van der Waals surface area contributed by atoms with Crippen molar-refractivity contribution < 1.29 is 0 Å². The maximum absolute atomic E-state index is 6.22.